The predicted molar refractivity (Wildman–Crippen MR) is 150 cm³/mol. The summed E-state index contributed by atoms with van der Waals surface area (Å²) in [4.78, 5) is 20.7. The van der Waals surface area contributed by atoms with Crippen LogP contribution in [0.2, 0.25) is 0 Å². The molecule has 0 aliphatic carbocycles. The van der Waals surface area contributed by atoms with E-state index in [-0.39, 0.29) is 18.2 Å². The van der Waals surface area contributed by atoms with E-state index in [1.807, 2.05) is 0 Å². The number of nitrogens with one attached hydrogen (secondary N) is 2. The minimum Gasteiger partial charge on any atom is -0.465 e. The Labute approximate surface area is 240 Å². The summed E-state index contributed by atoms with van der Waals surface area (Å²) < 4.78 is 37.8. The molecular formula is C26H32N7O8P. The summed E-state index contributed by atoms with van der Waals surface area (Å²) in [5.41, 5.74) is 5.89. The third-order valence-corrected chi connectivity index (χ3v) is 8.45. The highest BCUT2D eigenvalue weighted by Crippen LogP contribution is 2.48. The summed E-state index contributed by atoms with van der Waals surface area (Å²) in [6.45, 7) is 4.14. The van der Waals surface area contributed by atoms with Crippen molar-refractivity contribution in [3.05, 3.63) is 55.1 Å². The lowest BCUT2D eigenvalue weighted by Crippen LogP contribution is -2.44. The van der Waals surface area contributed by atoms with E-state index in [1.54, 1.807) is 55.7 Å². The lowest BCUT2D eigenvalue weighted by atomic mass is 9.96. The molecule has 42 heavy (non-hydrogen) atoms. The molecule has 0 amide bonds. The van der Waals surface area contributed by atoms with Crippen LogP contribution in [-0.2, 0) is 23.4 Å². The molecule has 16 heteroatoms. The molecule has 1 aliphatic rings. The van der Waals surface area contributed by atoms with Crippen molar-refractivity contribution in [3.63, 3.8) is 0 Å². The van der Waals surface area contributed by atoms with Crippen LogP contribution < -0.4 is 15.3 Å². The highest BCUT2D eigenvalue weighted by molar-refractivity contribution is 7.52. The lowest BCUT2D eigenvalue weighted by molar-refractivity contribution is -0.144. The van der Waals surface area contributed by atoms with Crippen molar-refractivity contribution in [2.75, 3.05) is 18.9 Å². The van der Waals surface area contributed by atoms with Gasteiger partial charge in [0.05, 0.1) is 24.3 Å². The van der Waals surface area contributed by atoms with Gasteiger partial charge in [-0.3, -0.25) is 14.4 Å². The van der Waals surface area contributed by atoms with Gasteiger partial charge in [-0.25, -0.2) is 14.5 Å². The number of carbonyl (C=O) groups excluding carboxylic acids is 1. The molecule has 224 valence electrons. The van der Waals surface area contributed by atoms with Crippen molar-refractivity contribution < 1.29 is 38.1 Å². The minimum absolute atomic E-state index is 0.126. The van der Waals surface area contributed by atoms with Gasteiger partial charge in [-0.15, -0.1) is 0 Å². The standard InChI is InChI=1S/C26H32N7O8P/c1-4-38-24(35)15(2)32-42(37,41-16-8-6-5-7-9-16)39-13-19-21(34)26(3,36)25(40-19)33-12-17(18-10-11-30-31-18)20-22(27)28-14-29-23(20)33/h5-12,14-15,19,21,25,34,36H,4,13H2,1-3H3,(H,30,31)(H,32,37)(H2,27,28,29)/t15-,19-,21+,25-,26-,42?/m1/s1. The fraction of sp³-hybridized carbons (Fsp3) is 0.385. The number of esters is 1. The van der Waals surface area contributed by atoms with E-state index in [4.69, 9.17) is 24.3 Å². The summed E-state index contributed by atoms with van der Waals surface area (Å²) in [7, 11) is -4.24. The number of aromatic nitrogens is 5. The van der Waals surface area contributed by atoms with Gasteiger partial charge in [-0.1, -0.05) is 18.2 Å². The average Bonchev–Trinajstić information content (AvgIpc) is 3.67. The van der Waals surface area contributed by atoms with Crippen LogP contribution in [0.3, 0.4) is 0 Å². The maximum Gasteiger partial charge on any atom is 0.459 e. The predicted octanol–water partition coefficient (Wildman–Crippen LogP) is 2.16. The molecule has 4 aromatic rings. The van der Waals surface area contributed by atoms with Crippen molar-refractivity contribution in [3.8, 4) is 17.0 Å². The summed E-state index contributed by atoms with van der Waals surface area (Å²) in [5.74, 6) is -0.251. The molecule has 1 fully saturated rings. The van der Waals surface area contributed by atoms with E-state index in [1.165, 1.54) is 24.7 Å². The van der Waals surface area contributed by atoms with E-state index in [2.05, 4.69) is 25.3 Å². The van der Waals surface area contributed by atoms with E-state index >= 15 is 0 Å². The summed E-state index contributed by atoms with van der Waals surface area (Å²) in [6.07, 6.45) is 0.663. The van der Waals surface area contributed by atoms with Crippen LogP contribution in [0.1, 0.15) is 27.0 Å². The normalized spacial score (nSPS) is 24.4. The number of aromatic amines is 1. The number of nitrogens with zero attached hydrogens (tertiary/aromatic N) is 4. The first kappa shape index (κ1) is 29.6. The van der Waals surface area contributed by atoms with Gasteiger partial charge in [0.1, 0.15) is 47.4 Å². The van der Waals surface area contributed by atoms with Crippen molar-refractivity contribution in [2.45, 2.75) is 50.8 Å². The number of para-hydroxylation sites is 1. The van der Waals surface area contributed by atoms with Gasteiger partial charge in [-0.2, -0.15) is 10.2 Å². The highest BCUT2D eigenvalue weighted by atomic mass is 31.2. The third-order valence-electron chi connectivity index (χ3n) is 6.81. The minimum atomic E-state index is -4.24. The van der Waals surface area contributed by atoms with Gasteiger partial charge in [-0.05, 0) is 39.0 Å². The first-order valence-electron chi connectivity index (χ1n) is 13.1. The van der Waals surface area contributed by atoms with E-state index in [0.717, 1.165) is 0 Å². The Bertz CT molecular complexity index is 1580. The number of aliphatic hydroxyl groups is 2. The zero-order chi connectivity index (χ0) is 30.1. The second kappa shape index (κ2) is 11.8. The van der Waals surface area contributed by atoms with Crippen LogP contribution in [0.4, 0.5) is 5.82 Å². The van der Waals surface area contributed by atoms with Crippen molar-refractivity contribution in [1.29, 1.82) is 0 Å². The van der Waals surface area contributed by atoms with Gasteiger partial charge in [0.2, 0.25) is 0 Å². The number of nitrogen functional groups attached to an aromatic ring is 1. The van der Waals surface area contributed by atoms with Crippen molar-refractivity contribution in [2.24, 2.45) is 0 Å². The molecule has 0 radical (unpaired) electrons. The molecular weight excluding hydrogens is 569 g/mol. The molecule has 1 aromatic carbocycles. The zero-order valence-corrected chi connectivity index (χ0v) is 24.0. The Hall–Kier alpha value is -3.85. The number of carbonyl (C=O) groups is 1. The number of H-pyrrole nitrogens is 1. The van der Waals surface area contributed by atoms with Crippen LogP contribution in [0.5, 0.6) is 5.75 Å². The number of rotatable bonds is 11. The molecule has 15 nitrogen and oxygen atoms in total. The Kier molecular flexibility index (Phi) is 8.32. The average molecular weight is 602 g/mol. The van der Waals surface area contributed by atoms with Crippen molar-refractivity contribution >= 4 is 30.6 Å². The van der Waals surface area contributed by atoms with Crippen LogP contribution in [-0.4, -0.2) is 78.0 Å². The van der Waals surface area contributed by atoms with E-state index in [9.17, 15) is 19.6 Å². The number of hydrogen-bond donors (Lipinski definition) is 5. The van der Waals surface area contributed by atoms with Gasteiger partial charge in [0.25, 0.3) is 0 Å². The van der Waals surface area contributed by atoms with Crippen LogP contribution >= 0.6 is 7.75 Å². The molecule has 6 N–H and O–H groups in total. The first-order valence-corrected chi connectivity index (χ1v) is 14.7. The molecule has 5 rings (SSSR count). The maximum absolute atomic E-state index is 13.8. The van der Waals surface area contributed by atoms with E-state index in [0.29, 0.717) is 22.3 Å². The summed E-state index contributed by atoms with van der Waals surface area (Å²) in [6, 6.07) is 8.91. The Morgan fingerprint density at radius 3 is 2.76 bits per heavy atom. The second-order valence-electron chi connectivity index (χ2n) is 9.88. The van der Waals surface area contributed by atoms with Gasteiger partial charge in [0.15, 0.2) is 6.23 Å². The molecule has 1 unspecified atom stereocenters. The fourth-order valence-corrected chi connectivity index (χ4v) is 6.22. The van der Waals surface area contributed by atoms with Crippen molar-refractivity contribution in [1.82, 2.24) is 29.8 Å². The fourth-order valence-electron chi connectivity index (χ4n) is 4.71. The number of hydrogen-bond acceptors (Lipinski definition) is 12. The number of ether oxygens (including phenoxy) is 2. The summed E-state index contributed by atoms with van der Waals surface area (Å²) in [5, 5.41) is 32.5. The second-order valence-corrected chi connectivity index (χ2v) is 11.6. The van der Waals surface area contributed by atoms with Gasteiger partial charge in [0, 0.05) is 18.0 Å². The SMILES string of the molecule is CCOC(=O)[C@@H](C)NP(=O)(OC[C@H]1O[C@@H](n2cc(-c3ccn[nH]3)c3c(N)ncnc32)[C@](C)(O)[C@H]1O)Oc1ccccc1. The number of benzene rings is 1. The summed E-state index contributed by atoms with van der Waals surface area (Å²) >= 11 is 0. The molecule has 1 saturated heterocycles. The van der Waals surface area contributed by atoms with Crippen LogP contribution in [0.15, 0.2) is 55.1 Å². The Morgan fingerprint density at radius 2 is 2.07 bits per heavy atom. The maximum atomic E-state index is 13.8. The molecule has 0 bridgehead atoms. The lowest BCUT2D eigenvalue weighted by Gasteiger charge is -2.27. The zero-order valence-electron chi connectivity index (χ0n) is 23.1. The van der Waals surface area contributed by atoms with E-state index < -0.39 is 50.4 Å². The van der Waals surface area contributed by atoms with Gasteiger partial charge < -0.3 is 34.5 Å². The molecule has 1 aliphatic heterocycles. The number of nitrogens with two attached hydrogens (primary N) is 1. The Balaban J connectivity index is 1.41. The third kappa shape index (κ3) is 5.75. The van der Waals surface area contributed by atoms with Crippen LogP contribution in [0, 0.1) is 0 Å². The highest BCUT2D eigenvalue weighted by Gasteiger charge is 2.54. The topological polar surface area (TPSA) is 209 Å². The van der Waals surface area contributed by atoms with Gasteiger partial charge >= 0.3 is 13.7 Å². The molecule has 0 spiro atoms. The first-order chi connectivity index (χ1) is 20.0. The number of fused-ring (bicyclic) bond motifs is 1. The molecule has 0 saturated carbocycles. The quantitative estimate of drug-likeness (QED) is 0.123. The molecule has 3 aromatic heterocycles. The monoisotopic (exact) mass is 601 g/mol. The molecule has 6 atom stereocenters. The molecule has 4 heterocycles. The Morgan fingerprint density at radius 1 is 1.31 bits per heavy atom. The van der Waals surface area contributed by atoms with Crippen LogP contribution in [0.25, 0.3) is 22.3 Å². The smallest absolute Gasteiger partial charge is 0.459 e. The number of anilines is 1. The largest absolute Gasteiger partial charge is 0.465 e. The number of aliphatic hydroxyl groups excluding tert-OH is 1.